The maximum atomic E-state index is 14.3. The van der Waals surface area contributed by atoms with E-state index < -0.39 is 0 Å². The van der Waals surface area contributed by atoms with E-state index in [4.69, 9.17) is 10.5 Å². The molecule has 1 aliphatic heterocycles. The van der Waals surface area contributed by atoms with Crippen LogP contribution in [0.2, 0.25) is 0 Å². The van der Waals surface area contributed by atoms with Crippen molar-refractivity contribution in [3.63, 3.8) is 0 Å². The number of ether oxygens (including phenoxy) is 1. The highest BCUT2D eigenvalue weighted by Crippen LogP contribution is 2.25. The van der Waals surface area contributed by atoms with Crippen LogP contribution in [0.5, 0.6) is 5.75 Å². The molecule has 8 nitrogen and oxygen atoms in total. The van der Waals surface area contributed by atoms with Crippen LogP contribution < -0.4 is 26.0 Å². The molecule has 5 rings (SSSR count). The van der Waals surface area contributed by atoms with Crippen LogP contribution in [0.3, 0.4) is 0 Å². The summed E-state index contributed by atoms with van der Waals surface area (Å²) < 4.78 is 19.5. The van der Waals surface area contributed by atoms with Gasteiger partial charge in [-0.25, -0.2) is 4.39 Å². The monoisotopic (exact) mass is 573 g/mol. The molecule has 1 saturated heterocycles. The smallest absolute Gasteiger partial charge is 0.251 e. The highest BCUT2D eigenvalue weighted by atomic mass is 19.1. The molecule has 2 aliphatic rings. The quantitative estimate of drug-likeness (QED) is 0.352. The van der Waals surface area contributed by atoms with Gasteiger partial charge in [-0.3, -0.25) is 14.5 Å². The van der Waals surface area contributed by atoms with Gasteiger partial charge in [0, 0.05) is 56.1 Å². The molecule has 0 radical (unpaired) electrons. The number of nitrogens with two attached hydrogens (primary N) is 1. The summed E-state index contributed by atoms with van der Waals surface area (Å²) in [5.41, 5.74) is 9.77. The third kappa shape index (κ3) is 7.46. The summed E-state index contributed by atoms with van der Waals surface area (Å²) in [6.07, 6.45) is 4.10. The zero-order valence-electron chi connectivity index (χ0n) is 24.2. The topological polar surface area (TPSA) is 99.9 Å². The van der Waals surface area contributed by atoms with Gasteiger partial charge in [-0.05, 0) is 60.4 Å². The Kier molecular flexibility index (Phi) is 9.71. The second-order valence-electron chi connectivity index (χ2n) is 11.2. The van der Waals surface area contributed by atoms with E-state index >= 15 is 0 Å². The molecule has 3 aromatic carbocycles. The number of amides is 2. The Morgan fingerprint density at radius 3 is 2.43 bits per heavy atom. The lowest BCUT2D eigenvalue weighted by molar-refractivity contribution is -0.115. The number of nitrogens with zero attached hydrogens (tertiary/aromatic N) is 2. The van der Waals surface area contributed by atoms with Gasteiger partial charge in [-0.2, -0.15) is 0 Å². The van der Waals surface area contributed by atoms with E-state index in [9.17, 15) is 14.0 Å². The van der Waals surface area contributed by atoms with Crippen molar-refractivity contribution in [3.05, 3.63) is 89.2 Å². The van der Waals surface area contributed by atoms with Crippen molar-refractivity contribution in [2.75, 3.05) is 43.5 Å². The molecule has 2 atom stereocenters. The Balaban J connectivity index is 1.29. The van der Waals surface area contributed by atoms with Crippen molar-refractivity contribution in [1.82, 2.24) is 10.2 Å². The standard InChI is InChI=1S/C33H40FN5O3/c1-42-26-14-10-23(11-15-26)20-32(40)36-30-21-24(33(41)37-29-8-4-3-7-28(29)35)12-13-25(30)22-38-16-18-39(19-17-38)31-9-5-2-6-27(31)34/h2,5-6,9-15,21,28-29H,3-4,7-8,16-20,22,35H2,1H3,(H,36,40)(H,37,41). The lowest BCUT2D eigenvalue weighted by Gasteiger charge is -2.36. The lowest BCUT2D eigenvalue weighted by Crippen LogP contribution is -2.49. The molecule has 1 aliphatic carbocycles. The number of piperazine rings is 1. The molecule has 0 bridgehead atoms. The molecular formula is C33H40FN5O3. The highest BCUT2D eigenvalue weighted by Gasteiger charge is 2.25. The summed E-state index contributed by atoms with van der Waals surface area (Å²) in [7, 11) is 1.61. The van der Waals surface area contributed by atoms with Crippen LogP contribution in [-0.4, -0.2) is 62.1 Å². The molecule has 1 saturated carbocycles. The van der Waals surface area contributed by atoms with Crippen molar-refractivity contribution in [3.8, 4) is 5.75 Å². The second kappa shape index (κ2) is 13.8. The van der Waals surface area contributed by atoms with Gasteiger partial charge in [0.2, 0.25) is 5.91 Å². The Labute approximate surface area is 247 Å². The van der Waals surface area contributed by atoms with Gasteiger partial charge in [0.15, 0.2) is 0 Å². The highest BCUT2D eigenvalue weighted by molar-refractivity contribution is 5.98. The third-order valence-electron chi connectivity index (χ3n) is 8.27. The number of para-hydroxylation sites is 1. The molecule has 9 heteroatoms. The van der Waals surface area contributed by atoms with Gasteiger partial charge < -0.3 is 26.0 Å². The predicted molar refractivity (Wildman–Crippen MR) is 163 cm³/mol. The number of carbonyl (C=O) groups excluding carboxylic acids is 2. The molecule has 2 unspecified atom stereocenters. The van der Waals surface area contributed by atoms with Crippen molar-refractivity contribution < 1.29 is 18.7 Å². The zero-order valence-corrected chi connectivity index (χ0v) is 24.2. The molecule has 42 heavy (non-hydrogen) atoms. The average molecular weight is 574 g/mol. The van der Waals surface area contributed by atoms with Gasteiger partial charge in [-0.15, -0.1) is 0 Å². The van der Waals surface area contributed by atoms with Crippen molar-refractivity contribution in [1.29, 1.82) is 0 Å². The normalized spacial score (nSPS) is 19.3. The maximum Gasteiger partial charge on any atom is 0.251 e. The largest absolute Gasteiger partial charge is 0.497 e. The molecule has 2 amide bonds. The van der Waals surface area contributed by atoms with Crippen molar-refractivity contribution in [2.45, 2.75) is 50.7 Å². The number of hydrogen-bond donors (Lipinski definition) is 3. The fourth-order valence-electron chi connectivity index (χ4n) is 5.78. The fraction of sp³-hybridized carbons (Fsp3) is 0.394. The van der Waals surface area contributed by atoms with Gasteiger partial charge in [0.1, 0.15) is 11.6 Å². The van der Waals surface area contributed by atoms with Crippen LogP contribution in [0.1, 0.15) is 47.2 Å². The molecule has 0 aromatic heterocycles. The van der Waals surface area contributed by atoms with E-state index in [1.165, 1.54) is 6.07 Å². The number of halogens is 1. The minimum absolute atomic E-state index is 0.0475. The minimum atomic E-state index is -0.212. The van der Waals surface area contributed by atoms with E-state index in [1.807, 2.05) is 48.5 Å². The molecule has 3 aromatic rings. The summed E-state index contributed by atoms with van der Waals surface area (Å²) in [5, 5.41) is 6.17. The van der Waals surface area contributed by atoms with E-state index in [0.717, 1.165) is 55.6 Å². The molecule has 4 N–H and O–H groups in total. The number of anilines is 2. The maximum absolute atomic E-state index is 14.3. The van der Waals surface area contributed by atoms with E-state index in [0.29, 0.717) is 36.6 Å². The number of nitrogens with one attached hydrogen (secondary N) is 2. The summed E-state index contributed by atoms with van der Waals surface area (Å²) in [6, 6.07) is 19.6. The van der Waals surface area contributed by atoms with E-state index in [2.05, 4.69) is 20.4 Å². The Morgan fingerprint density at radius 1 is 0.976 bits per heavy atom. The molecule has 1 heterocycles. The van der Waals surface area contributed by atoms with Crippen LogP contribution in [0.4, 0.5) is 15.8 Å². The third-order valence-corrected chi connectivity index (χ3v) is 8.27. The Bertz CT molecular complexity index is 1370. The zero-order chi connectivity index (χ0) is 29.5. The van der Waals surface area contributed by atoms with Crippen molar-refractivity contribution in [2.24, 2.45) is 5.73 Å². The average Bonchev–Trinajstić information content (AvgIpc) is 3.00. The van der Waals surface area contributed by atoms with Gasteiger partial charge >= 0.3 is 0 Å². The second-order valence-corrected chi connectivity index (χ2v) is 11.2. The number of methoxy groups -OCH3 is 1. The van der Waals surface area contributed by atoms with Gasteiger partial charge in [0.25, 0.3) is 5.91 Å². The van der Waals surface area contributed by atoms with Gasteiger partial charge in [-0.1, -0.05) is 43.2 Å². The van der Waals surface area contributed by atoms with Crippen LogP contribution in [0, 0.1) is 5.82 Å². The first-order valence-electron chi connectivity index (χ1n) is 14.7. The van der Waals surface area contributed by atoms with Crippen molar-refractivity contribution >= 4 is 23.2 Å². The molecular weight excluding hydrogens is 533 g/mol. The first-order valence-corrected chi connectivity index (χ1v) is 14.7. The van der Waals surface area contributed by atoms with Crippen LogP contribution in [-0.2, 0) is 17.8 Å². The lowest BCUT2D eigenvalue weighted by atomic mass is 9.91. The van der Waals surface area contributed by atoms with E-state index in [1.54, 1.807) is 19.2 Å². The van der Waals surface area contributed by atoms with E-state index in [-0.39, 0.29) is 36.1 Å². The Hall–Kier alpha value is -3.95. The number of hydrogen-bond acceptors (Lipinski definition) is 6. The molecule has 0 spiro atoms. The summed E-state index contributed by atoms with van der Waals surface area (Å²) in [4.78, 5) is 30.7. The number of rotatable bonds is 9. The summed E-state index contributed by atoms with van der Waals surface area (Å²) >= 11 is 0. The molecule has 2 fully saturated rings. The summed E-state index contributed by atoms with van der Waals surface area (Å²) in [5.74, 6) is 0.162. The van der Waals surface area contributed by atoms with Crippen LogP contribution in [0.15, 0.2) is 66.7 Å². The fourth-order valence-corrected chi connectivity index (χ4v) is 5.78. The van der Waals surface area contributed by atoms with Crippen LogP contribution >= 0.6 is 0 Å². The first-order chi connectivity index (χ1) is 20.4. The number of benzene rings is 3. The molecule has 222 valence electrons. The van der Waals surface area contributed by atoms with Gasteiger partial charge in [0.05, 0.1) is 19.2 Å². The SMILES string of the molecule is COc1ccc(CC(=O)Nc2cc(C(=O)NC3CCCCC3N)ccc2CN2CCN(c3ccccc3F)CC2)cc1. The Morgan fingerprint density at radius 2 is 1.71 bits per heavy atom. The predicted octanol–water partition coefficient (Wildman–Crippen LogP) is 4.34. The number of carbonyl (C=O) groups is 2. The summed E-state index contributed by atoms with van der Waals surface area (Å²) in [6.45, 7) is 3.48. The first kappa shape index (κ1) is 29.5. The van der Waals surface area contributed by atoms with Crippen LogP contribution in [0.25, 0.3) is 0 Å². The minimum Gasteiger partial charge on any atom is -0.497 e.